The van der Waals surface area contributed by atoms with Crippen molar-refractivity contribution in [3.63, 3.8) is 0 Å². The van der Waals surface area contributed by atoms with Gasteiger partial charge >= 0.3 is 39.5 Å². The maximum atomic E-state index is 13.1. The Morgan fingerprint density at radius 2 is 0.526 bits per heavy atom. The predicted molar refractivity (Wildman–Crippen MR) is 395 cm³/mol. The number of unbranched alkanes of at least 4 members (excludes halogenated alkanes) is 43. The van der Waals surface area contributed by atoms with Crippen LogP contribution in [0.25, 0.3) is 0 Å². The zero-order valence-corrected chi connectivity index (χ0v) is 65.3. The zero-order valence-electron chi connectivity index (χ0n) is 63.5. The van der Waals surface area contributed by atoms with Gasteiger partial charge in [0.1, 0.15) is 19.3 Å². The molecule has 0 aromatic rings. The van der Waals surface area contributed by atoms with E-state index in [9.17, 15) is 43.2 Å². The number of carbonyl (C=O) groups excluding carboxylic acids is 4. The van der Waals surface area contributed by atoms with Crippen LogP contribution in [0.15, 0.2) is 0 Å². The van der Waals surface area contributed by atoms with Gasteiger partial charge in [0.2, 0.25) is 0 Å². The van der Waals surface area contributed by atoms with Gasteiger partial charge in [-0.15, -0.1) is 0 Å². The Morgan fingerprint density at radius 1 is 0.299 bits per heavy atom. The fourth-order valence-corrected chi connectivity index (χ4v) is 13.5. The molecule has 6 atom stereocenters. The second-order valence-electron chi connectivity index (χ2n) is 29.3. The van der Waals surface area contributed by atoms with Gasteiger partial charge in [-0.3, -0.25) is 37.3 Å². The Kier molecular flexibility index (Phi) is 67.1. The molecule has 17 nitrogen and oxygen atoms in total. The van der Waals surface area contributed by atoms with E-state index in [0.29, 0.717) is 25.7 Å². The molecule has 0 radical (unpaired) electrons. The zero-order chi connectivity index (χ0) is 71.6. The van der Waals surface area contributed by atoms with Gasteiger partial charge in [-0.25, -0.2) is 9.13 Å². The maximum Gasteiger partial charge on any atom is 0.472 e. The summed E-state index contributed by atoms with van der Waals surface area (Å²) >= 11 is 0. The van der Waals surface area contributed by atoms with E-state index in [1.165, 1.54) is 205 Å². The van der Waals surface area contributed by atoms with Crippen LogP contribution in [0.4, 0.5) is 0 Å². The predicted octanol–water partition coefficient (Wildman–Crippen LogP) is 23.0. The Balaban J connectivity index is 5.14. The molecule has 0 saturated carbocycles. The number of phosphoric acid groups is 2. The van der Waals surface area contributed by atoms with Crippen LogP contribution in [0.2, 0.25) is 0 Å². The first kappa shape index (κ1) is 95.1. The SMILES string of the molecule is CCCCCCCC(=O)OC[C@H](COP(=O)(O)OC[C@H](O)COP(=O)(O)OC[C@@H](COC(=O)CCCCCCCCCCCCCCCCCCC(C)C)OC(=O)CCCCCCCCCCCCCCCCCCC(C)C)OC(=O)CCCCCCCCCCCCC(C)CC. The highest BCUT2D eigenvalue weighted by molar-refractivity contribution is 7.47. The average Bonchev–Trinajstić information content (AvgIpc) is 3.74. The van der Waals surface area contributed by atoms with Gasteiger partial charge in [-0.1, -0.05) is 350 Å². The highest BCUT2D eigenvalue weighted by Crippen LogP contribution is 2.45. The van der Waals surface area contributed by atoms with Gasteiger partial charge in [0, 0.05) is 25.7 Å². The lowest BCUT2D eigenvalue weighted by molar-refractivity contribution is -0.161. The lowest BCUT2D eigenvalue weighted by Gasteiger charge is -2.21. The van der Waals surface area contributed by atoms with E-state index in [1.54, 1.807) is 0 Å². The van der Waals surface area contributed by atoms with E-state index >= 15 is 0 Å². The lowest BCUT2D eigenvalue weighted by atomic mass is 9.99. The van der Waals surface area contributed by atoms with Crippen molar-refractivity contribution in [3.8, 4) is 0 Å². The number of hydrogen-bond donors (Lipinski definition) is 3. The third-order valence-corrected chi connectivity index (χ3v) is 20.4. The Bertz CT molecular complexity index is 1890. The third kappa shape index (κ3) is 70.9. The Hall–Kier alpha value is -1.94. The first-order chi connectivity index (χ1) is 46.8. The van der Waals surface area contributed by atoms with Crippen LogP contribution >= 0.6 is 15.6 Å². The first-order valence-corrected chi connectivity index (χ1v) is 43.4. The van der Waals surface area contributed by atoms with Gasteiger partial charge < -0.3 is 33.8 Å². The highest BCUT2D eigenvalue weighted by Gasteiger charge is 2.30. The summed E-state index contributed by atoms with van der Waals surface area (Å²) in [6.45, 7) is 11.9. The molecule has 0 rings (SSSR count). The normalized spacial score (nSPS) is 14.3. The largest absolute Gasteiger partial charge is 0.472 e. The molecular formula is C78H152O17P2. The van der Waals surface area contributed by atoms with Crippen molar-refractivity contribution >= 4 is 39.5 Å². The van der Waals surface area contributed by atoms with E-state index in [0.717, 1.165) is 114 Å². The van der Waals surface area contributed by atoms with E-state index in [-0.39, 0.29) is 25.7 Å². The van der Waals surface area contributed by atoms with Crippen LogP contribution in [-0.2, 0) is 65.4 Å². The summed E-state index contributed by atoms with van der Waals surface area (Å²) in [4.78, 5) is 72.6. The number of esters is 4. The molecule has 3 unspecified atom stereocenters. The molecule has 576 valence electrons. The monoisotopic (exact) mass is 1420 g/mol. The van der Waals surface area contributed by atoms with Crippen molar-refractivity contribution in [3.05, 3.63) is 0 Å². The van der Waals surface area contributed by atoms with Gasteiger partial charge in [-0.05, 0) is 43.4 Å². The second-order valence-corrected chi connectivity index (χ2v) is 32.2. The number of rotatable bonds is 76. The van der Waals surface area contributed by atoms with Crippen LogP contribution in [0.5, 0.6) is 0 Å². The molecule has 97 heavy (non-hydrogen) atoms. The second kappa shape index (κ2) is 68.5. The Morgan fingerprint density at radius 3 is 0.784 bits per heavy atom. The summed E-state index contributed by atoms with van der Waals surface area (Å²) in [5, 5.41) is 10.6. The Labute approximate surface area is 594 Å². The minimum absolute atomic E-state index is 0.105. The number of carbonyl (C=O) groups is 4. The van der Waals surface area contributed by atoms with Crippen LogP contribution in [-0.4, -0.2) is 96.7 Å². The van der Waals surface area contributed by atoms with Gasteiger partial charge in [0.05, 0.1) is 26.4 Å². The number of ether oxygens (including phenoxy) is 4. The molecule has 0 amide bonds. The summed E-state index contributed by atoms with van der Waals surface area (Å²) in [6, 6.07) is 0. The first-order valence-electron chi connectivity index (χ1n) is 40.4. The van der Waals surface area contributed by atoms with E-state index in [4.69, 9.17) is 37.0 Å². The smallest absolute Gasteiger partial charge is 0.462 e. The molecule has 0 fully saturated rings. The van der Waals surface area contributed by atoms with Crippen molar-refractivity contribution in [1.82, 2.24) is 0 Å². The maximum absolute atomic E-state index is 13.1. The summed E-state index contributed by atoms with van der Waals surface area (Å²) in [6.07, 6.45) is 55.9. The van der Waals surface area contributed by atoms with Crippen molar-refractivity contribution < 1.29 is 80.2 Å². The topological polar surface area (TPSA) is 237 Å². The minimum atomic E-state index is -4.96. The summed E-state index contributed by atoms with van der Waals surface area (Å²) in [5.41, 5.74) is 0. The molecule has 0 saturated heterocycles. The molecule has 3 N–H and O–H groups in total. The number of aliphatic hydroxyl groups excluding tert-OH is 1. The molecule has 0 aliphatic rings. The van der Waals surface area contributed by atoms with Crippen LogP contribution < -0.4 is 0 Å². The fraction of sp³-hybridized carbons (Fsp3) is 0.949. The van der Waals surface area contributed by atoms with Crippen molar-refractivity contribution in [2.45, 2.75) is 420 Å². The number of hydrogen-bond acceptors (Lipinski definition) is 15. The molecule has 0 aromatic heterocycles. The van der Waals surface area contributed by atoms with E-state index in [1.807, 2.05) is 0 Å². The highest BCUT2D eigenvalue weighted by atomic mass is 31.2. The molecule has 0 aromatic carbocycles. The van der Waals surface area contributed by atoms with Gasteiger partial charge in [-0.2, -0.15) is 0 Å². The average molecular weight is 1420 g/mol. The third-order valence-electron chi connectivity index (χ3n) is 18.5. The molecule has 0 heterocycles. The molecule has 0 aliphatic carbocycles. The molecule has 19 heteroatoms. The van der Waals surface area contributed by atoms with Crippen molar-refractivity contribution in [1.29, 1.82) is 0 Å². The van der Waals surface area contributed by atoms with Crippen LogP contribution in [0, 0.1) is 17.8 Å². The van der Waals surface area contributed by atoms with Crippen LogP contribution in [0.1, 0.15) is 402 Å². The van der Waals surface area contributed by atoms with Crippen molar-refractivity contribution in [2.75, 3.05) is 39.6 Å². The number of aliphatic hydroxyl groups is 1. The lowest BCUT2D eigenvalue weighted by Crippen LogP contribution is -2.30. The standard InChI is InChI=1S/C78H152O17P2/c1-8-10-11-42-52-59-75(80)88-65-73(94-77(82)62-55-48-41-35-29-28-32-38-45-51-58-71(7)9-2)67-92-96(84,85)90-63-72(79)64-91-97(86,87)93-68-74(95-78(83)61-54-47-40-34-27-23-19-15-13-17-21-25-31-37-44-50-57-70(5)6)66-89-76(81)60-53-46-39-33-26-22-18-14-12-16-20-24-30-36-43-49-56-69(3)4/h69-74,79H,8-68H2,1-7H3,(H,84,85)(H,86,87)/t71?,72-,73+,74+/m0/s1. The summed E-state index contributed by atoms with van der Waals surface area (Å²) < 4.78 is 68.4. The molecular weight excluding hydrogens is 1270 g/mol. The quantitative estimate of drug-likeness (QED) is 0.0222. The van der Waals surface area contributed by atoms with Gasteiger partial charge in [0.25, 0.3) is 0 Å². The fourth-order valence-electron chi connectivity index (χ4n) is 11.9. The van der Waals surface area contributed by atoms with Crippen LogP contribution in [0.3, 0.4) is 0 Å². The molecule has 0 spiro atoms. The number of phosphoric ester groups is 2. The van der Waals surface area contributed by atoms with E-state index in [2.05, 4.69) is 48.5 Å². The molecule has 0 aliphatic heterocycles. The summed E-state index contributed by atoms with van der Waals surface area (Å²) in [5.74, 6) is 0.299. The minimum Gasteiger partial charge on any atom is -0.462 e. The van der Waals surface area contributed by atoms with Gasteiger partial charge in [0.15, 0.2) is 12.2 Å². The molecule has 0 bridgehead atoms. The van der Waals surface area contributed by atoms with E-state index < -0.39 is 97.5 Å². The summed E-state index contributed by atoms with van der Waals surface area (Å²) in [7, 11) is -9.91. The van der Waals surface area contributed by atoms with Crippen molar-refractivity contribution in [2.24, 2.45) is 17.8 Å².